The number of amides is 1. The lowest BCUT2D eigenvalue weighted by molar-refractivity contribution is 0.0940. The second-order valence-corrected chi connectivity index (χ2v) is 5.92. The van der Waals surface area contributed by atoms with Crippen LogP contribution in [-0.4, -0.2) is 17.4 Å². The van der Waals surface area contributed by atoms with Gasteiger partial charge in [-0.15, -0.1) is 11.3 Å². The zero-order valence-electron chi connectivity index (χ0n) is 12.6. The Bertz CT molecular complexity index is 592. The molecular formula is C16H21N3OS. The molecule has 4 nitrogen and oxygen atoms in total. The largest absolute Gasteiger partial charge is 0.385 e. The van der Waals surface area contributed by atoms with E-state index in [1.165, 1.54) is 0 Å². The van der Waals surface area contributed by atoms with E-state index in [4.69, 9.17) is 0 Å². The number of anilines is 1. The van der Waals surface area contributed by atoms with Crippen LogP contribution in [0.4, 0.5) is 5.69 Å². The van der Waals surface area contributed by atoms with Gasteiger partial charge in [0.1, 0.15) is 5.01 Å². The van der Waals surface area contributed by atoms with Crippen LogP contribution < -0.4 is 10.6 Å². The van der Waals surface area contributed by atoms with Gasteiger partial charge in [-0.2, -0.15) is 0 Å². The maximum absolute atomic E-state index is 12.2. The van der Waals surface area contributed by atoms with Crippen LogP contribution in [0.25, 0.3) is 0 Å². The first-order valence-electron chi connectivity index (χ1n) is 7.17. The molecule has 0 saturated heterocycles. The Morgan fingerprint density at radius 1 is 1.33 bits per heavy atom. The van der Waals surface area contributed by atoms with Crippen molar-refractivity contribution in [2.45, 2.75) is 33.2 Å². The average molecular weight is 303 g/mol. The second-order valence-electron chi connectivity index (χ2n) is 5.03. The molecule has 2 aromatic rings. The van der Waals surface area contributed by atoms with Crippen LogP contribution in [0.2, 0.25) is 0 Å². The number of carbonyl (C=O) groups is 1. The van der Waals surface area contributed by atoms with Gasteiger partial charge in [-0.1, -0.05) is 6.92 Å². The first kappa shape index (κ1) is 15.5. The molecule has 21 heavy (non-hydrogen) atoms. The van der Waals surface area contributed by atoms with E-state index in [-0.39, 0.29) is 11.9 Å². The third kappa shape index (κ3) is 4.29. The number of carbonyl (C=O) groups excluding carboxylic acids is 1. The fourth-order valence-electron chi connectivity index (χ4n) is 1.92. The summed E-state index contributed by atoms with van der Waals surface area (Å²) in [7, 11) is 0. The molecule has 0 aliphatic rings. The molecule has 1 heterocycles. The minimum absolute atomic E-state index is 0.0719. The van der Waals surface area contributed by atoms with Crippen molar-refractivity contribution < 1.29 is 4.79 Å². The van der Waals surface area contributed by atoms with Gasteiger partial charge >= 0.3 is 0 Å². The third-order valence-electron chi connectivity index (χ3n) is 3.08. The van der Waals surface area contributed by atoms with Gasteiger partial charge in [0.25, 0.3) is 5.91 Å². The van der Waals surface area contributed by atoms with E-state index in [0.29, 0.717) is 5.56 Å². The van der Waals surface area contributed by atoms with Crippen molar-refractivity contribution in [1.29, 1.82) is 0 Å². The van der Waals surface area contributed by atoms with Crippen LogP contribution in [-0.2, 0) is 0 Å². The van der Waals surface area contributed by atoms with Gasteiger partial charge in [0.15, 0.2) is 0 Å². The van der Waals surface area contributed by atoms with E-state index >= 15 is 0 Å². The second kappa shape index (κ2) is 7.22. The van der Waals surface area contributed by atoms with Gasteiger partial charge in [-0.05, 0) is 44.5 Å². The highest BCUT2D eigenvalue weighted by Gasteiger charge is 2.13. The smallest absolute Gasteiger partial charge is 0.251 e. The number of nitrogens with zero attached hydrogens (tertiary/aromatic N) is 1. The molecule has 2 rings (SSSR count). The van der Waals surface area contributed by atoms with Crippen molar-refractivity contribution in [3.8, 4) is 0 Å². The minimum atomic E-state index is -0.0749. The summed E-state index contributed by atoms with van der Waals surface area (Å²) in [6.07, 6.45) is 1.08. The van der Waals surface area contributed by atoms with Crippen molar-refractivity contribution >= 4 is 22.9 Å². The van der Waals surface area contributed by atoms with Crippen LogP contribution in [0.15, 0.2) is 29.6 Å². The lowest BCUT2D eigenvalue weighted by Gasteiger charge is -2.12. The van der Waals surface area contributed by atoms with Crippen LogP contribution >= 0.6 is 11.3 Å². The number of thiazole rings is 1. The molecule has 1 amide bonds. The van der Waals surface area contributed by atoms with Crippen LogP contribution in [0, 0.1) is 6.92 Å². The van der Waals surface area contributed by atoms with Crippen LogP contribution in [0.3, 0.4) is 0 Å². The maximum Gasteiger partial charge on any atom is 0.251 e. The molecule has 0 saturated carbocycles. The Labute approximate surface area is 129 Å². The van der Waals surface area contributed by atoms with Crippen molar-refractivity contribution in [3.63, 3.8) is 0 Å². The van der Waals surface area contributed by atoms with Crippen molar-refractivity contribution in [3.05, 3.63) is 45.9 Å². The highest BCUT2D eigenvalue weighted by atomic mass is 32.1. The number of aryl methyl sites for hydroxylation is 1. The maximum atomic E-state index is 12.2. The van der Waals surface area contributed by atoms with E-state index < -0.39 is 0 Å². The van der Waals surface area contributed by atoms with E-state index in [9.17, 15) is 4.79 Å². The zero-order valence-corrected chi connectivity index (χ0v) is 13.5. The Kier molecular flexibility index (Phi) is 5.33. The summed E-state index contributed by atoms with van der Waals surface area (Å²) >= 11 is 1.57. The fraction of sp³-hybridized carbons (Fsp3) is 0.375. The number of rotatable bonds is 6. The first-order chi connectivity index (χ1) is 10.1. The van der Waals surface area contributed by atoms with E-state index in [2.05, 4.69) is 22.5 Å². The van der Waals surface area contributed by atoms with Crippen LogP contribution in [0.5, 0.6) is 0 Å². The highest BCUT2D eigenvalue weighted by Crippen LogP contribution is 2.18. The molecule has 1 atom stereocenters. The molecule has 1 unspecified atom stereocenters. The number of nitrogens with one attached hydrogen (secondary N) is 2. The quantitative estimate of drug-likeness (QED) is 0.854. The van der Waals surface area contributed by atoms with Crippen molar-refractivity contribution in [1.82, 2.24) is 10.3 Å². The average Bonchev–Trinajstić information content (AvgIpc) is 2.92. The molecular weight excluding hydrogens is 282 g/mol. The van der Waals surface area contributed by atoms with E-state index in [0.717, 1.165) is 29.4 Å². The van der Waals surface area contributed by atoms with Gasteiger partial charge < -0.3 is 10.6 Å². The Morgan fingerprint density at radius 2 is 2.05 bits per heavy atom. The highest BCUT2D eigenvalue weighted by molar-refractivity contribution is 7.09. The molecule has 0 radical (unpaired) electrons. The number of benzene rings is 1. The Morgan fingerprint density at radius 3 is 2.62 bits per heavy atom. The first-order valence-corrected chi connectivity index (χ1v) is 8.05. The van der Waals surface area contributed by atoms with Gasteiger partial charge in [-0.25, -0.2) is 4.98 Å². The predicted molar refractivity (Wildman–Crippen MR) is 88.0 cm³/mol. The summed E-state index contributed by atoms with van der Waals surface area (Å²) in [5.74, 6) is -0.0719. The molecule has 0 aliphatic heterocycles. The molecule has 1 aromatic carbocycles. The summed E-state index contributed by atoms with van der Waals surface area (Å²) in [6.45, 7) is 6.96. The molecule has 0 fully saturated rings. The fourth-order valence-corrected chi connectivity index (χ4v) is 2.73. The lowest BCUT2D eigenvalue weighted by atomic mass is 10.2. The standard InChI is InChI=1S/C16H21N3OS/c1-4-9-17-14-7-5-13(6-8-14)15(20)19-12(3)16-18-11(2)10-21-16/h5-8,10,12,17H,4,9H2,1-3H3,(H,19,20). The van der Waals surface area contributed by atoms with Gasteiger partial charge in [0, 0.05) is 28.9 Å². The summed E-state index contributed by atoms with van der Waals surface area (Å²) < 4.78 is 0. The van der Waals surface area contributed by atoms with Gasteiger partial charge in [0.2, 0.25) is 0 Å². The predicted octanol–water partition coefficient (Wildman–Crippen LogP) is 3.76. The summed E-state index contributed by atoms with van der Waals surface area (Å²) in [5, 5.41) is 9.19. The SMILES string of the molecule is CCCNc1ccc(C(=O)NC(C)c2nc(C)cs2)cc1. The number of hydrogen-bond donors (Lipinski definition) is 2. The van der Waals surface area contributed by atoms with Crippen molar-refractivity contribution in [2.24, 2.45) is 0 Å². The molecule has 0 bridgehead atoms. The third-order valence-corrected chi connectivity index (χ3v) is 4.23. The molecule has 5 heteroatoms. The molecule has 0 aliphatic carbocycles. The number of hydrogen-bond acceptors (Lipinski definition) is 4. The van der Waals surface area contributed by atoms with Crippen LogP contribution in [0.1, 0.15) is 47.4 Å². The summed E-state index contributed by atoms with van der Waals surface area (Å²) in [6, 6.07) is 7.47. The Hall–Kier alpha value is -1.88. The topological polar surface area (TPSA) is 54.0 Å². The lowest BCUT2D eigenvalue weighted by Crippen LogP contribution is -2.26. The zero-order chi connectivity index (χ0) is 15.2. The summed E-state index contributed by atoms with van der Waals surface area (Å²) in [4.78, 5) is 16.6. The van der Waals surface area contributed by atoms with Gasteiger partial charge in [0.05, 0.1) is 6.04 Å². The minimum Gasteiger partial charge on any atom is -0.385 e. The molecule has 1 aromatic heterocycles. The van der Waals surface area contributed by atoms with E-state index in [1.54, 1.807) is 11.3 Å². The van der Waals surface area contributed by atoms with E-state index in [1.807, 2.05) is 43.5 Å². The monoisotopic (exact) mass is 303 g/mol. The Balaban J connectivity index is 1.96. The number of aromatic nitrogens is 1. The van der Waals surface area contributed by atoms with Gasteiger partial charge in [-0.3, -0.25) is 4.79 Å². The molecule has 112 valence electrons. The normalized spacial score (nSPS) is 12.0. The van der Waals surface area contributed by atoms with Crippen molar-refractivity contribution in [2.75, 3.05) is 11.9 Å². The molecule has 2 N–H and O–H groups in total. The molecule has 0 spiro atoms. The summed E-state index contributed by atoms with van der Waals surface area (Å²) in [5.41, 5.74) is 2.69.